The molecule has 1 aliphatic heterocycles. The first-order valence-corrected chi connectivity index (χ1v) is 8.35. The second-order valence-corrected chi connectivity index (χ2v) is 6.55. The van der Waals surface area contributed by atoms with E-state index in [-0.39, 0.29) is 17.4 Å². The van der Waals surface area contributed by atoms with Crippen LogP contribution in [0.3, 0.4) is 0 Å². The van der Waals surface area contributed by atoms with E-state index in [9.17, 15) is 9.18 Å². The molecule has 1 saturated heterocycles. The van der Waals surface area contributed by atoms with Crippen LogP contribution in [0.1, 0.15) is 36.0 Å². The van der Waals surface area contributed by atoms with Gasteiger partial charge in [-0.2, -0.15) is 0 Å². The maximum absolute atomic E-state index is 13.5. The first kappa shape index (κ1) is 16.0. The predicted octanol–water partition coefficient (Wildman–Crippen LogP) is 2.71. The third-order valence-electron chi connectivity index (χ3n) is 4.81. The molecular formula is C18H19FN4O2. The van der Waals surface area contributed by atoms with Gasteiger partial charge in [-0.15, -0.1) is 0 Å². The van der Waals surface area contributed by atoms with Gasteiger partial charge in [0.1, 0.15) is 23.0 Å². The molecule has 4 rings (SSSR count). The fourth-order valence-electron chi connectivity index (χ4n) is 3.55. The van der Waals surface area contributed by atoms with Gasteiger partial charge >= 0.3 is 0 Å². The van der Waals surface area contributed by atoms with Crippen LogP contribution in [0.15, 0.2) is 33.6 Å². The quantitative estimate of drug-likeness (QED) is 0.732. The number of likely N-dealkylation sites (tertiary alicyclic amines) is 1. The highest BCUT2D eigenvalue weighted by atomic mass is 19.1. The van der Waals surface area contributed by atoms with Crippen LogP contribution in [-0.2, 0) is 13.6 Å². The van der Waals surface area contributed by atoms with E-state index in [0.29, 0.717) is 23.3 Å². The van der Waals surface area contributed by atoms with E-state index in [2.05, 4.69) is 15.0 Å². The van der Waals surface area contributed by atoms with Gasteiger partial charge < -0.3 is 9.09 Å². The fourth-order valence-corrected chi connectivity index (χ4v) is 3.55. The molecule has 0 radical (unpaired) electrons. The maximum atomic E-state index is 13.5. The molecule has 0 unspecified atom stereocenters. The minimum Gasteiger partial charge on any atom is -0.361 e. The molecule has 0 saturated carbocycles. The number of hydrogen-bond acceptors (Lipinski definition) is 5. The van der Waals surface area contributed by atoms with Crippen molar-refractivity contribution in [2.45, 2.75) is 32.4 Å². The molecule has 3 aromatic rings. The highest BCUT2D eigenvalue weighted by Crippen LogP contribution is 2.32. The van der Waals surface area contributed by atoms with Gasteiger partial charge in [0.05, 0.1) is 17.1 Å². The largest absolute Gasteiger partial charge is 0.361 e. The van der Waals surface area contributed by atoms with E-state index in [1.165, 1.54) is 16.7 Å². The summed E-state index contributed by atoms with van der Waals surface area (Å²) in [5, 5.41) is 4.12. The van der Waals surface area contributed by atoms with Crippen molar-refractivity contribution >= 4 is 11.0 Å². The van der Waals surface area contributed by atoms with Crippen molar-refractivity contribution in [2.75, 3.05) is 6.54 Å². The average Bonchev–Trinajstić information content (AvgIpc) is 3.20. The first-order valence-electron chi connectivity index (χ1n) is 8.35. The van der Waals surface area contributed by atoms with Crippen LogP contribution in [0.25, 0.3) is 11.0 Å². The van der Waals surface area contributed by atoms with Gasteiger partial charge in [-0.3, -0.25) is 9.69 Å². The second-order valence-electron chi connectivity index (χ2n) is 6.55. The minimum atomic E-state index is -0.360. The van der Waals surface area contributed by atoms with E-state index < -0.39 is 0 Å². The number of nitrogens with zero attached hydrogens (tertiary/aromatic N) is 4. The van der Waals surface area contributed by atoms with Gasteiger partial charge in [-0.1, -0.05) is 5.16 Å². The second kappa shape index (κ2) is 6.07. The predicted molar refractivity (Wildman–Crippen MR) is 90.6 cm³/mol. The number of hydrogen-bond donors (Lipinski definition) is 0. The van der Waals surface area contributed by atoms with Crippen LogP contribution in [0, 0.1) is 12.7 Å². The van der Waals surface area contributed by atoms with Gasteiger partial charge in [0.2, 0.25) is 0 Å². The molecule has 130 valence electrons. The zero-order valence-corrected chi connectivity index (χ0v) is 14.2. The summed E-state index contributed by atoms with van der Waals surface area (Å²) in [5.41, 5.74) is 2.28. The van der Waals surface area contributed by atoms with Gasteiger partial charge in [0.15, 0.2) is 0 Å². The van der Waals surface area contributed by atoms with Crippen molar-refractivity contribution in [1.29, 1.82) is 0 Å². The number of benzene rings is 1. The monoisotopic (exact) mass is 342 g/mol. The summed E-state index contributed by atoms with van der Waals surface area (Å²) < 4.78 is 20.3. The fraction of sp³-hybridized carbons (Fsp3) is 0.389. The highest BCUT2D eigenvalue weighted by molar-refractivity contribution is 5.74. The SMILES string of the molecule is Cc1cc([C@H]2CCCN2Cc2nc3cc(F)ccc3n(C)c2=O)no1. The summed E-state index contributed by atoms with van der Waals surface area (Å²) in [6, 6.07) is 6.34. The molecule has 1 aromatic carbocycles. The molecule has 0 aliphatic carbocycles. The lowest BCUT2D eigenvalue weighted by Crippen LogP contribution is -2.30. The minimum absolute atomic E-state index is 0.118. The molecule has 0 bridgehead atoms. The van der Waals surface area contributed by atoms with E-state index in [1.54, 1.807) is 13.1 Å². The smallest absolute Gasteiger partial charge is 0.273 e. The van der Waals surface area contributed by atoms with Gasteiger partial charge in [-0.05, 0) is 38.4 Å². The number of fused-ring (bicyclic) bond motifs is 1. The summed E-state index contributed by atoms with van der Waals surface area (Å²) in [4.78, 5) is 19.3. The van der Waals surface area contributed by atoms with Gasteiger partial charge in [0.25, 0.3) is 5.56 Å². The molecule has 1 aliphatic rings. The average molecular weight is 342 g/mol. The van der Waals surface area contributed by atoms with Crippen LogP contribution < -0.4 is 5.56 Å². The Morgan fingerprint density at radius 2 is 2.20 bits per heavy atom. The number of halogens is 1. The summed E-state index contributed by atoms with van der Waals surface area (Å²) in [7, 11) is 1.69. The summed E-state index contributed by atoms with van der Waals surface area (Å²) in [6.07, 6.45) is 1.99. The number of aromatic nitrogens is 3. The van der Waals surface area contributed by atoms with Crippen LogP contribution in [0.2, 0.25) is 0 Å². The Balaban J connectivity index is 1.70. The Kier molecular flexibility index (Phi) is 3.88. The Labute approximate surface area is 143 Å². The van der Waals surface area contributed by atoms with Crippen molar-refractivity contribution in [2.24, 2.45) is 7.05 Å². The van der Waals surface area contributed by atoms with Crippen molar-refractivity contribution < 1.29 is 8.91 Å². The van der Waals surface area contributed by atoms with Crippen LogP contribution in [0.4, 0.5) is 4.39 Å². The Bertz CT molecular complexity index is 994. The summed E-state index contributed by atoms with van der Waals surface area (Å²) >= 11 is 0. The molecule has 0 spiro atoms. The Hall–Kier alpha value is -2.54. The number of rotatable bonds is 3. The molecule has 0 N–H and O–H groups in total. The van der Waals surface area contributed by atoms with E-state index in [1.807, 2.05) is 13.0 Å². The Morgan fingerprint density at radius 1 is 1.36 bits per heavy atom. The van der Waals surface area contributed by atoms with Gasteiger partial charge in [-0.25, -0.2) is 9.37 Å². The molecule has 6 nitrogen and oxygen atoms in total. The first-order chi connectivity index (χ1) is 12.0. The van der Waals surface area contributed by atoms with Crippen molar-refractivity contribution in [3.63, 3.8) is 0 Å². The molecule has 3 heterocycles. The number of aryl methyl sites for hydroxylation is 2. The van der Waals surface area contributed by atoms with Crippen LogP contribution >= 0.6 is 0 Å². The molecule has 7 heteroatoms. The third kappa shape index (κ3) is 2.84. The molecule has 1 atom stereocenters. The van der Waals surface area contributed by atoms with E-state index in [4.69, 9.17) is 4.52 Å². The molecule has 1 fully saturated rings. The maximum Gasteiger partial charge on any atom is 0.273 e. The highest BCUT2D eigenvalue weighted by Gasteiger charge is 2.29. The normalized spacial score (nSPS) is 18.3. The van der Waals surface area contributed by atoms with Crippen molar-refractivity contribution in [1.82, 2.24) is 19.6 Å². The van der Waals surface area contributed by atoms with Crippen LogP contribution in [-0.4, -0.2) is 26.2 Å². The van der Waals surface area contributed by atoms with Crippen molar-refractivity contribution in [3.05, 3.63) is 57.6 Å². The standard InChI is InChI=1S/C18H19FN4O2/c1-11-8-14(21-25-11)17-4-3-7-23(17)10-15-18(24)22(2)16-6-5-12(19)9-13(16)20-15/h5-6,8-9,17H,3-4,7,10H2,1-2H3/t17-/m1/s1. The summed E-state index contributed by atoms with van der Waals surface area (Å²) in [5.74, 6) is 0.416. The lowest BCUT2D eigenvalue weighted by atomic mass is 10.1. The topological polar surface area (TPSA) is 64.2 Å². The lowest BCUT2D eigenvalue weighted by Gasteiger charge is -2.22. The van der Waals surface area contributed by atoms with E-state index in [0.717, 1.165) is 30.8 Å². The van der Waals surface area contributed by atoms with Crippen LogP contribution in [0.5, 0.6) is 0 Å². The van der Waals surface area contributed by atoms with Gasteiger partial charge in [0, 0.05) is 25.7 Å². The van der Waals surface area contributed by atoms with Crippen molar-refractivity contribution in [3.8, 4) is 0 Å². The molecular weight excluding hydrogens is 323 g/mol. The molecule has 0 amide bonds. The Morgan fingerprint density at radius 3 is 2.96 bits per heavy atom. The molecule has 25 heavy (non-hydrogen) atoms. The van der Waals surface area contributed by atoms with E-state index >= 15 is 0 Å². The summed E-state index contributed by atoms with van der Waals surface area (Å²) in [6.45, 7) is 3.14. The zero-order chi connectivity index (χ0) is 17.6. The third-order valence-corrected chi connectivity index (χ3v) is 4.81. The lowest BCUT2D eigenvalue weighted by molar-refractivity contribution is 0.233. The molecule has 2 aromatic heterocycles. The zero-order valence-electron chi connectivity index (χ0n) is 14.2.